The number of hydrogen-bond acceptors (Lipinski definition) is 1. The lowest BCUT2D eigenvalue weighted by Crippen LogP contribution is -1.97. The summed E-state index contributed by atoms with van der Waals surface area (Å²) in [5.74, 6) is 0.685. The Hall–Kier alpha value is -0.410. The third kappa shape index (κ3) is 3.58. The standard InChI is InChI=1S/C12H14BrFO/c13-12-7-11(14)4-3-10(12)8-15-6-5-9-1-2-9/h3-4,7,9H,1-2,5-6,8H2. The molecule has 2 rings (SSSR count). The summed E-state index contributed by atoms with van der Waals surface area (Å²) >= 11 is 3.32. The van der Waals surface area contributed by atoms with Crippen molar-refractivity contribution in [3.8, 4) is 0 Å². The fraction of sp³-hybridized carbons (Fsp3) is 0.500. The average molecular weight is 273 g/mol. The number of benzene rings is 1. The van der Waals surface area contributed by atoms with E-state index in [-0.39, 0.29) is 5.82 Å². The lowest BCUT2D eigenvalue weighted by molar-refractivity contribution is 0.114. The Bertz CT molecular complexity index is 336. The van der Waals surface area contributed by atoms with E-state index in [9.17, 15) is 4.39 Å². The van der Waals surface area contributed by atoms with Gasteiger partial charge in [0.1, 0.15) is 5.82 Å². The van der Waals surface area contributed by atoms with Gasteiger partial charge >= 0.3 is 0 Å². The second-order valence-corrected chi connectivity index (χ2v) is 4.87. The van der Waals surface area contributed by atoms with Crippen LogP contribution in [0.4, 0.5) is 4.39 Å². The van der Waals surface area contributed by atoms with Crippen molar-refractivity contribution in [2.75, 3.05) is 6.61 Å². The summed E-state index contributed by atoms with van der Waals surface area (Å²) in [6, 6.07) is 4.69. The van der Waals surface area contributed by atoms with Crippen LogP contribution in [0.5, 0.6) is 0 Å². The number of hydrogen-bond donors (Lipinski definition) is 0. The second kappa shape index (κ2) is 5.08. The zero-order chi connectivity index (χ0) is 10.7. The van der Waals surface area contributed by atoms with Gasteiger partial charge in [0.15, 0.2) is 0 Å². The van der Waals surface area contributed by atoms with Crippen LogP contribution in [0.25, 0.3) is 0 Å². The Balaban J connectivity index is 1.76. The van der Waals surface area contributed by atoms with Gasteiger partial charge in [0.05, 0.1) is 6.61 Å². The molecule has 0 heterocycles. The molecule has 0 atom stereocenters. The van der Waals surface area contributed by atoms with E-state index in [1.807, 2.05) is 0 Å². The van der Waals surface area contributed by atoms with Crippen LogP contribution >= 0.6 is 15.9 Å². The molecule has 1 aromatic carbocycles. The molecule has 1 saturated carbocycles. The quantitative estimate of drug-likeness (QED) is 0.739. The highest BCUT2D eigenvalue weighted by Gasteiger charge is 2.20. The van der Waals surface area contributed by atoms with Gasteiger partial charge in [0.2, 0.25) is 0 Å². The molecule has 0 radical (unpaired) electrons. The summed E-state index contributed by atoms with van der Waals surface area (Å²) < 4.78 is 19.1. The van der Waals surface area contributed by atoms with Crippen molar-refractivity contribution >= 4 is 15.9 Å². The van der Waals surface area contributed by atoms with Crippen LogP contribution in [0.3, 0.4) is 0 Å². The van der Waals surface area contributed by atoms with Crippen molar-refractivity contribution in [1.29, 1.82) is 0 Å². The SMILES string of the molecule is Fc1ccc(COCCC2CC2)c(Br)c1. The molecular formula is C12H14BrFO. The van der Waals surface area contributed by atoms with Gasteiger partial charge in [-0.25, -0.2) is 4.39 Å². The predicted molar refractivity (Wildman–Crippen MR) is 61.1 cm³/mol. The first-order valence-corrected chi connectivity index (χ1v) is 6.06. The maximum atomic E-state index is 12.8. The number of rotatable bonds is 5. The molecule has 0 saturated heterocycles. The van der Waals surface area contributed by atoms with Crippen molar-refractivity contribution in [2.45, 2.75) is 25.9 Å². The van der Waals surface area contributed by atoms with Gasteiger partial charge in [-0.1, -0.05) is 34.8 Å². The van der Waals surface area contributed by atoms with E-state index >= 15 is 0 Å². The predicted octanol–water partition coefficient (Wildman–Crippen LogP) is 3.90. The second-order valence-electron chi connectivity index (χ2n) is 4.02. The number of halogens is 2. The van der Waals surface area contributed by atoms with E-state index < -0.39 is 0 Å². The maximum Gasteiger partial charge on any atom is 0.124 e. The van der Waals surface area contributed by atoms with Gasteiger partial charge in [-0.2, -0.15) is 0 Å². The Morgan fingerprint density at radius 2 is 2.20 bits per heavy atom. The van der Waals surface area contributed by atoms with Crippen LogP contribution in [-0.4, -0.2) is 6.61 Å². The van der Waals surface area contributed by atoms with Crippen molar-refractivity contribution in [3.05, 3.63) is 34.1 Å². The molecule has 0 amide bonds. The van der Waals surface area contributed by atoms with E-state index in [1.165, 1.54) is 31.4 Å². The van der Waals surface area contributed by atoms with Crippen LogP contribution in [0.15, 0.2) is 22.7 Å². The van der Waals surface area contributed by atoms with Crippen LogP contribution in [0.2, 0.25) is 0 Å². The minimum atomic E-state index is -0.219. The van der Waals surface area contributed by atoms with E-state index in [4.69, 9.17) is 4.74 Å². The molecule has 82 valence electrons. The monoisotopic (exact) mass is 272 g/mol. The maximum absolute atomic E-state index is 12.8. The van der Waals surface area contributed by atoms with Crippen molar-refractivity contribution in [2.24, 2.45) is 5.92 Å². The smallest absolute Gasteiger partial charge is 0.124 e. The molecule has 1 aromatic rings. The van der Waals surface area contributed by atoms with E-state index in [1.54, 1.807) is 6.07 Å². The first-order chi connectivity index (χ1) is 7.25. The molecular weight excluding hydrogens is 259 g/mol. The summed E-state index contributed by atoms with van der Waals surface area (Å²) in [6.07, 6.45) is 3.89. The van der Waals surface area contributed by atoms with Gasteiger partial charge in [0, 0.05) is 11.1 Å². The summed E-state index contributed by atoms with van der Waals surface area (Å²) in [6.45, 7) is 1.38. The number of ether oxygens (including phenoxy) is 1. The van der Waals surface area contributed by atoms with Crippen LogP contribution < -0.4 is 0 Å². The largest absolute Gasteiger partial charge is 0.377 e. The lowest BCUT2D eigenvalue weighted by Gasteiger charge is -2.05. The summed E-state index contributed by atoms with van der Waals surface area (Å²) in [4.78, 5) is 0. The van der Waals surface area contributed by atoms with Crippen molar-refractivity contribution < 1.29 is 9.13 Å². The molecule has 0 unspecified atom stereocenters. The molecule has 0 aromatic heterocycles. The van der Waals surface area contributed by atoms with E-state index in [0.29, 0.717) is 6.61 Å². The minimum absolute atomic E-state index is 0.219. The van der Waals surface area contributed by atoms with Crippen LogP contribution in [0, 0.1) is 11.7 Å². The highest BCUT2D eigenvalue weighted by atomic mass is 79.9. The fourth-order valence-corrected chi connectivity index (χ4v) is 1.94. The van der Waals surface area contributed by atoms with Crippen LogP contribution in [0.1, 0.15) is 24.8 Å². The first kappa shape index (κ1) is 11.1. The fourth-order valence-electron chi connectivity index (χ4n) is 1.48. The van der Waals surface area contributed by atoms with Gasteiger partial charge in [-0.3, -0.25) is 0 Å². The molecule has 1 fully saturated rings. The Morgan fingerprint density at radius 1 is 1.40 bits per heavy atom. The van der Waals surface area contributed by atoms with Gasteiger partial charge in [0.25, 0.3) is 0 Å². The van der Waals surface area contributed by atoms with Gasteiger partial charge in [-0.15, -0.1) is 0 Å². The highest BCUT2D eigenvalue weighted by Crippen LogP contribution is 2.32. The van der Waals surface area contributed by atoms with E-state index in [0.717, 1.165) is 22.6 Å². The Kier molecular flexibility index (Phi) is 3.76. The van der Waals surface area contributed by atoms with Crippen molar-refractivity contribution in [1.82, 2.24) is 0 Å². The molecule has 1 aliphatic rings. The molecule has 1 nitrogen and oxygen atoms in total. The normalized spacial score (nSPS) is 15.6. The lowest BCUT2D eigenvalue weighted by atomic mass is 10.2. The Labute approximate surface area is 97.8 Å². The molecule has 3 heteroatoms. The van der Waals surface area contributed by atoms with Gasteiger partial charge in [-0.05, 0) is 30.0 Å². The molecule has 0 bridgehead atoms. The minimum Gasteiger partial charge on any atom is -0.377 e. The summed E-state index contributed by atoms with van der Waals surface area (Å²) in [5.41, 5.74) is 1.01. The zero-order valence-corrected chi connectivity index (χ0v) is 10.1. The van der Waals surface area contributed by atoms with Gasteiger partial charge < -0.3 is 4.74 Å². The zero-order valence-electron chi connectivity index (χ0n) is 8.51. The molecule has 1 aliphatic carbocycles. The average Bonchev–Trinajstić information content (AvgIpc) is 2.99. The first-order valence-electron chi connectivity index (χ1n) is 5.27. The Morgan fingerprint density at radius 3 is 2.87 bits per heavy atom. The molecule has 0 N–H and O–H groups in total. The van der Waals surface area contributed by atoms with Crippen LogP contribution in [-0.2, 0) is 11.3 Å². The van der Waals surface area contributed by atoms with E-state index in [2.05, 4.69) is 15.9 Å². The summed E-state index contributed by atoms with van der Waals surface area (Å²) in [7, 11) is 0. The molecule has 0 spiro atoms. The summed E-state index contributed by atoms with van der Waals surface area (Å²) in [5, 5.41) is 0. The molecule has 0 aliphatic heterocycles. The third-order valence-electron chi connectivity index (χ3n) is 2.64. The highest BCUT2D eigenvalue weighted by molar-refractivity contribution is 9.10. The topological polar surface area (TPSA) is 9.23 Å². The third-order valence-corrected chi connectivity index (χ3v) is 3.38. The van der Waals surface area contributed by atoms with Crippen molar-refractivity contribution in [3.63, 3.8) is 0 Å². The molecule has 15 heavy (non-hydrogen) atoms.